The van der Waals surface area contributed by atoms with E-state index in [1.165, 1.54) is 62.3 Å². The van der Waals surface area contributed by atoms with E-state index >= 15 is 0 Å². The summed E-state index contributed by atoms with van der Waals surface area (Å²) in [7, 11) is 2.23. The Kier molecular flexibility index (Phi) is 3.25. The summed E-state index contributed by atoms with van der Waals surface area (Å²) in [6, 6.07) is 2.87. The molecule has 1 aromatic rings. The zero-order valence-electron chi connectivity index (χ0n) is 11.5. The van der Waals surface area contributed by atoms with Gasteiger partial charge in [0.25, 0.3) is 0 Å². The van der Waals surface area contributed by atoms with E-state index in [2.05, 4.69) is 36.0 Å². The molecule has 3 heterocycles. The Morgan fingerprint density at radius 1 is 1.17 bits per heavy atom. The first-order valence-corrected chi connectivity index (χ1v) is 7.17. The van der Waals surface area contributed by atoms with Gasteiger partial charge in [-0.15, -0.1) is 0 Å². The smallest absolute Gasteiger partial charge is 0.128 e. The number of pyridine rings is 1. The Labute approximate surface area is 110 Å². The van der Waals surface area contributed by atoms with Gasteiger partial charge in [0.15, 0.2) is 0 Å². The van der Waals surface area contributed by atoms with Crippen LogP contribution in [0.2, 0.25) is 0 Å². The molecule has 2 fully saturated rings. The third-order valence-electron chi connectivity index (χ3n) is 4.45. The lowest BCUT2D eigenvalue weighted by Crippen LogP contribution is -2.21. The molecule has 3 heteroatoms. The van der Waals surface area contributed by atoms with Crippen molar-refractivity contribution in [1.82, 2.24) is 9.88 Å². The summed E-state index contributed by atoms with van der Waals surface area (Å²) >= 11 is 0. The number of likely N-dealkylation sites (tertiary alicyclic amines) is 1. The second-order valence-corrected chi connectivity index (χ2v) is 5.73. The van der Waals surface area contributed by atoms with Gasteiger partial charge >= 0.3 is 0 Å². The molecular weight excluding hydrogens is 222 g/mol. The van der Waals surface area contributed by atoms with Crippen LogP contribution in [0.15, 0.2) is 12.3 Å². The zero-order valence-corrected chi connectivity index (χ0v) is 11.5. The molecule has 2 aliphatic heterocycles. The quantitative estimate of drug-likeness (QED) is 0.798. The molecule has 1 aromatic heterocycles. The van der Waals surface area contributed by atoms with Gasteiger partial charge in [0, 0.05) is 25.3 Å². The fourth-order valence-corrected chi connectivity index (χ4v) is 3.32. The van der Waals surface area contributed by atoms with Gasteiger partial charge in [0.2, 0.25) is 0 Å². The molecule has 3 nitrogen and oxygen atoms in total. The summed E-state index contributed by atoms with van der Waals surface area (Å²) in [5.41, 5.74) is 2.84. The highest BCUT2D eigenvalue weighted by Gasteiger charge is 2.24. The second-order valence-electron chi connectivity index (χ2n) is 5.73. The average Bonchev–Trinajstić information content (AvgIpc) is 3.00. The fraction of sp³-hybridized carbons (Fsp3) is 0.667. The molecule has 0 aromatic carbocycles. The lowest BCUT2D eigenvalue weighted by Gasteiger charge is -2.23. The third-order valence-corrected chi connectivity index (χ3v) is 4.45. The van der Waals surface area contributed by atoms with E-state index in [0.29, 0.717) is 6.04 Å². The van der Waals surface area contributed by atoms with E-state index in [9.17, 15) is 0 Å². The summed E-state index contributed by atoms with van der Waals surface area (Å²) < 4.78 is 0. The molecule has 0 unspecified atom stereocenters. The van der Waals surface area contributed by atoms with Crippen LogP contribution in [0.3, 0.4) is 0 Å². The summed E-state index contributed by atoms with van der Waals surface area (Å²) in [6.07, 6.45) is 7.34. The summed E-state index contributed by atoms with van der Waals surface area (Å²) in [5.74, 6) is 1.18. The number of nitrogens with zero attached hydrogens (tertiary/aromatic N) is 3. The fourth-order valence-electron chi connectivity index (χ4n) is 3.32. The van der Waals surface area contributed by atoms with Crippen molar-refractivity contribution in [2.75, 3.05) is 31.6 Å². The summed E-state index contributed by atoms with van der Waals surface area (Å²) in [6.45, 7) is 5.81. The number of rotatable bonds is 2. The third kappa shape index (κ3) is 2.12. The predicted molar refractivity (Wildman–Crippen MR) is 75.0 cm³/mol. The summed E-state index contributed by atoms with van der Waals surface area (Å²) in [4.78, 5) is 9.57. The van der Waals surface area contributed by atoms with Crippen molar-refractivity contribution in [2.45, 2.75) is 38.6 Å². The van der Waals surface area contributed by atoms with Gasteiger partial charge in [-0.05, 0) is 63.4 Å². The van der Waals surface area contributed by atoms with E-state index in [1.807, 2.05) is 0 Å². The lowest BCUT2D eigenvalue weighted by atomic mass is 10.0. The first kappa shape index (κ1) is 12.0. The van der Waals surface area contributed by atoms with E-state index in [-0.39, 0.29) is 0 Å². The van der Waals surface area contributed by atoms with E-state index in [1.54, 1.807) is 0 Å². The maximum atomic E-state index is 4.70. The Bertz CT molecular complexity index is 424. The lowest BCUT2D eigenvalue weighted by molar-refractivity contribution is 0.316. The first-order valence-electron chi connectivity index (χ1n) is 7.17. The van der Waals surface area contributed by atoms with Gasteiger partial charge in [0.1, 0.15) is 5.82 Å². The van der Waals surface area contributed by atoms with Crippen molar-refractivity contribution in [2.24, 2.45) is 0 Å². The molecule has 0 spiro atoms. The Morgan fingerprint density at radius 2 is 1.94 bits per heavy atom. The van der Waals surface area contributed by atoms with E-state index < -0.39 is 0 Å². The van der Waals surface area contributed by atoms with Crippen LogP contribution in [0.25, 0.3) is 0 Å². The van der Waals surface area contributed by atoms with Crippen molar-refractivity contribution in [3.05, 3.63) is 23.4 Å². The van der Waals surface area contributed by atoms with Crippen molar-refractivity contribution in [1.29, 1.82) is 0 Å². The number of hydrogen-bond donors (Lipinski definition) is 0. The minimum Gasteiger partial charge on any atom is -0.357 e. The van der Waals surface area contributed by atoms with Gasteiger partial charge < -0.3 is 4.90 Å². The van der Waals surface area contributed by atoms with Gasteiger partial charge in [-0.1, -0.05) is 0 Å². The normalized spacial score (nSPS) is 25.0. The van der Waals surface area contributed by atoms with Crippen LogP contribution in [-0.2, 0) is 0 Å². The topological polar surface area (TPSA) is 19.4 Å². The molecule has 0 saturated carbocycles. The van der Waals surface area contributed by atoms with Crippen LogP contribution in [0.5, 0.6) is 0 Å². The minimum absolute atomic E-state index is 0.588. The van der Waals surface area contributed by atoms with Crippen LogP contribution in [0, 0.1) is 6.92 Å². The summed E-state index contributed by atoms with van der Waals surface area (Å²) in [5, 5.41) is 0. The maximum Gasteiger partial charge on any atom is 0.128 e. The molecule has 0 N–H and O–H groups in total. The van der Waals surface area contributed by atoms with Gasteiger partial charge in [-0.2, -0.15) is 0 Å². The number of anilines is 1. The van der Waals surface area contributed by atoms with Crippen LogP contribution in [-0.4, -0.2) is 36.6 Å². The first-order chi connectivity index (χ1) is 8.75. The Balaban J connectivity index is 1.84. The minimum atomic E-state index is 0.588. The number of aryl methyl sites for hydroxylation is 1. The molecule has 0 amide bonds. The van der Waals surface area contributed by atoms with Gasteiger partial charge in [0.05, 0.1) is 0 Å². The largest absolute Gasteiger partial charge is 0.357 e. The molecule has 2 aliphatic rings. The van der Waals surface area contributed by atoms with Crippen molar-refractivity contribution in [3.8, 4) is 0 Å². The predicted octanol–water partition coefficient (Wildman–Crippen LogP) is 2.76. The van der Waals surface area contributed by atoms with Crippen LogP contribution in [0.4, 0.5) is 5.82 Å². The van der Waals surface area contributed by atoms with Crippen molar-refractivity contribution < 1.29 is 0 Å². The monoisotopic (exact) mass is 245 g/mol. The molecule has 1 atom stereocenters. The standard InChI is InChI=1S/C15H23N3/c1-12-10-15(18-8-3-4-9-18)16-11-13(12)14-6-5-7-17(14)2/h10-11,14H,3-9H2,1-2H3/t14-/m0/s1. The molecule has 0 bridgehead atoms. The SMILES string of the molecule is Cc1cc(N2CCCC2)ncc1[C@@H]1CCCN1C. The molecule has 0 radical (unpaired) electrons. The van der Waals surface area contributed by atoms with E-state index in [4.69, 9.17) is 4.98 Å². The van der Waals surface area contributed by atoms with Gasteiger partial charge in [-0.3, -0.25) is 4.90 Å². The van der Waals surface area contributed by atoms with Crippen LogP contribution < -0.4 is 4.90 Å². The molecule has 98 valence electrons. The number of hydrogen-bond acceptors (Lipinski definition) is 3. The highest BCUT2D eigenvalue weighted by atomic mass is 15.2. The van der Waals surface area contributed by atoms with Gasteiger partial charge in [-0.25, -0.2) is 4.98 Å². The van der Waals surface area contributed by atoms with Crippen LogP contribution >= 0.6 is 0 Å². The second kappa shape index (κ2) is 4.88. The molecule has 3 rings (SSSR count). The molecule has 2 saturated heterocycles. The van der Waals surface area contributed by atoms with Crippen molar-refractivity contribution >= 4 is 5.82 Å². The average molecular weight is 245 g/mol. The Hall–Kier alpha value is -1.09. The Morgan fingerprint density at radius 3 is 2.56 bits per heavy atom. The molecule has 18 heavy (non-hydrogen) atoms. The number of aromatic nitrogens is 1. The highest BCUT2D eigenvalue weighted by molar-refractivity contribution is 5.45. The zero-order chi connectivity index (χ0) is 12.5. The molecule has 0 aliphatic carbocycles. The van der Waals surface area contributed by atoms with Crippen LogP contribution in [0.1, 0.15) is 42.9 Å². The molecular formula is C15H23N3. The highest BCUT2D eigenvalue weighted by Crippen LogP contribution is 2.33. The maximum absolute atomic E-state index is 4.70. The van der Waals surface area contributed by atoms with Crippen molar-refractivity contribution in [3.63, 3.8) is 0 Å². The van der Waals surface area contributed by atoms with E-state index in [0.717, 1.165) is 0 Å².